The number of amides is 1. The van der Waals surface area contributed by atoms with Gasteiger partial charge in [-0.3, -0.25) is 4.79 Å². The number of nitrogens with zero attached hydrogens (tertiary/aromatic N) is 3. The molecular formula is C20H21ClN4OS. The summed E-state index contributed by atoms with van der Waals surface area (Å²) in [6, 6.07) is 17.1. The summed E-state index contributed by atoms with van der Waals surface area (Å²) in [5.74, 6) is 1.39. The number of anilines is 1. The van der Waals surface area contributed by atoms with E-state index >= 15 is 0 Å². The Balaban J connectivity index is 1.72. The van der Waals surface area contributed by atoms with Crippen LogP contribution in [0.25, 0.3) is 11.4 Å². The monoisotopic (exact) mass is 400 g/mol. The number of carbonyl (C=O) groups excluding carboxylic acids is 1. The molecule has 0 spiro atoms. The van der Waals surface area contributed by atoms with Gasteiger partial charge in [-0.05, 0) is 24.1 Å². The number of aromatic nitrogens is 3. The summed E-state index contributed by atoms with van der Waals surface area (Å²) in [7, 11) is 0. The Bertz CT molecular complexity index is 911. The first-order valence-corrected chi connectivity index (χ1v) is 10.1. The largest absolute Gasteiger partial charge is 0.325 e. The number of hydrogen-bond acceptors (Lipinski definition) is 4. The maximum Gasteiger partial charge on any atom is 0.234 e. The normalized spacial score (nSPS) is 11.0. The van der Waals surface area contributed by atoms with Crippen LogP contribution in [0.2, 0.25) is 5.02 Å². The lowest BCUT2D eigenvalue weighted by Crippen LogP contribution is -2.15. The van der Waals surface area contributed by atoms with Crippen molar-refractivity contribution in [3.8, 4) is 11.4 Å². The highest BCUT2D eigenvalue weighted by atomic mass is 35.5. The molecule has 2 aromatic carbocycles. The number of benzene rings is 2. The average molecular weight is 401 g/mol. The van der Waals surface area contributed by atoms with Gasteiger partial charge in [0.25, 0.3) is 0 Å². The third kappa shape index (κ3) is 5.34. The topological polar surface area (TPSA) is 59.8 Å². The number of thioether (sulfide) groups is 1. The average Bonchev–Trinajstić information content (AvgIpc) is 3.02. The Labute approximate surface area is 168 Å². The number of carbonyl (C=O) groups is 1. The standard InChI is InChI=1S/C20H21ClN4OS/c1-14(2)12-25-19(15-7-4-3-5-8-15)23-24-20(25)27-13-18(26)22-17-10-6-9-16(21)11-17/h3-11,14H,12-13H2,1-2H3,(H,22,26). The van der Waals surface area contributed by atoms with Crippen molar-refractivity contribution in [3.05, 3.63) is 59.6 Å². The number of nitrogens with one attached hydrogen (secondary N) is 1. The molecule has 0 fully saturated rings. The third-order valence-electron chi connectivity index (χ3n) is 3.74. The minimum absolute atomic E-state index is 0.109. The molecule has 0 atom stereocenters. The van der Waals surface area contributed by atoms with E-state index in [2.05, 4.69) is 33.9 Å². The third-order valence-corrected chi connectivity index (χ3v) is 4.94. The molecule has 1 aromatic heterocycles. The molecule has 140 valence electrons. The van der Waals surface area contributed by atoms with E-state index in [0.29, 0.717) is 16.6 Å². The molecule has 7 heteroatoms. The fourth-order valence-electron chi connectivity index (χ4n) is 2.62. The highest BCUT2D eigenvalue weighted by Gasteiger charge is 2.16. The van der Waals surface area contributed by atoms with Crippen LogP contribution in [-0.4, -0.2) is 26.4 Å². The number of rotatable bonds is 7. The lowest BCUT2D eigenvalue weighted by Gasteiger charge is -2.12. The molecule has 5 nitrogen and oxygen atoms in total. The molecule has 0 saturated heterocycles. The lowest BCUT2D eigenvalue weighted by molar-refractivity contribution is -0.113. The molecular weight excluding hydrogens is 380 g/mol. The van der Waals surface area contributed by atoms with Gasteiger partial charge < -0.3 is 9.88 Å². The Morgan fingerprint density at radius 1 is 1.15 bits per heavy atom. The van der Waals surface area contributed by atoms with E-state index in [4.69, 9.17) is 11.6 Å². The number of halogens is 1. The highest BCUT2D eigenvalue weighted by molar-refractivity contribution is 7.99. The molecule has 3 rings (SSSR count). The summed E-state index contributed by atoms with van der Waals surface area (Å²) in [5, 5.41) is 12.8. The van der Waals surface area contributed by atoms with Crippen LogP contribution >= 0.6 is 23.4 Å². The second kappa shape index (κ2) is 9.06. The Hall–Kier alpha value is -2.31. The van der Waals surface area contributed by atoms with Crippen molar-refractivity contribution in [3.63, 3.8) is 0 Å². The zero-order valence-electron chi connectivity index (χ0n) is 15.2. The van der Waals surface area contributed by atoms with E-state index in [9.17, 15) is 4.79 Å². The van der Waals surface area contributed by atoms with E-state index < -0.39 is 0 Å². The van der Waals surface area contributed by atoms with Gasteiger partial charge in [-0.1, -0.05) is 73.6 Å². The van der Waals surface area contributed by atoms with E-state index in [1.807, 2.05) is 36.4 Å². The quantitative estimate of drug-likeness (QED) is 0.568. The minimum Gasteiger partial charge on any atom is -0.325 e. The number of hydrogen-bond donors (Lipinski definition) is 1. The molecule has 0 aliphatic heterocycles. The first kappa shape index (κ1) is 19.5. The van der Waals surface area contributed by atoms with E-state index in [1.165, 1.54) is 11.8 Å². The van der Waals surface area contributed by atoms with E-state index in [0.717, 1.165) is 23.1 Å². The van der Waals surface area contributed by atoms with Crippen LogP contribution in [0, 0.1) is 5.92 Å². The van der Waals surface area contributed by atoms with Crippen molar-refractivity contribution >= 4 is 35.0 Å². The van der Waals surface area contributed by atoms with Crippen LogP contribution < -0.4 is 5.32 Å². The molecule has 1 heterocycles. The fraction of sp³-hybridized carbons (Fsp3) is 0.250. The minimum atomic E-state index is -0.109. The van der Waals surface area contributed by atoms with Crippen LogP contribution in [0.5, 0.6) is 0 Å². The van der Waals surface area contributed by atoms with Crippen molar-refractivity contribution < 1.29 is 4.79 Å². The SMILES string of the molecule is CC(C)Cn1c(SCC(=O)Nc2cccc(Cl)c2)nnc1-c1ccccc1. The fourth-order valence-corrected chi connectivity index (χ4v) is 3.56. The molecule has 0 aliphatic carbocycles. The molecule has 1 N–H and O–H groups in total. The van der Waals surface area contributed by atoms with Gasteiger partial charge in [0.05, 0.1) is 5.75 Å². The van der Waals surface area contributed by atoms with Crippen LogP contribution in [0.1, 0.15) is 13.8 Å². The van der Waals surface area contributed by atoms with Gasteiger partial charge in [-0.25, -0.2) is 0 Å². The van der Waals surface area contributed by atoms with Gasteiger partial charge in [0, 0.05) is 22.8 Å². The first-order chi connectivity index (χ1) is 13.0. The van der Waals surface area contributed by atoms with Crippen molar-refractivity contribution in [1.29, 1.82) is 0 Å². The van der Waals surface area contributed by atoms with Gasteiger partial charge in [-0.2, -0.15) is 0 Å². The summed E-state index contributed by atoms with van der Waals surface area (Å²) < 4.78 is 2.08. The maximum atomic E-state index is 12.3. The summed E-state index contributed by atoms with van der Waals surface area (Å²) in [4.78, 5) is 12.3. The zero-order valence-corrected chi connectivity index (χ0v) is 16.8. The second-order valence-corrected chi connectivity index (χ2v) is 7.90. The molecule has 0 saturated carbocycles. The maximum absolute atomic E-state index is 12.3. The van der Waals surface area contributed by atoms with Crippen molar-refractivity contribution in [2.75, 3.05) is 11.1 Å². The predicted molar refractivity (Wildman–Crippen MR) is 111 cm³/mol. The van der Waals surface area contributed by atoms with E-state index in [1.54, 1.807) is 18.2 Å². The molecule has 3 aromatic rings. The molecule has 1 amide bonds. The van der Waals surface area contributed by atoms with Crippen LogP contribution in [0.4, 0.5) is 5.69 Å². The zero-order chi connectivity index (χ0) is 19.2. The van der Waals surface area contributed by atoms with Crippen molar-refractivity contribution in [2.24, 2.45) is 5.92 Å². The Kier molecular flexibility index (Phi) is 6.53. The predicted octanol–water partition coefficient (Wildman–Crippen LogP) is 4.99. The van der Waals surface area contributed by atoms with Crippen LogP contribution in [0.3, 0.4) is 0 Å². The summed E-state index contributed by atoms with van der Waals surface area (Å²) in [6.45, 7) is 5.08. The summed E-state index contributed by atoms with van der Waals surface area (Å²) in [6.07, 6.45) is 0. The van der Waals surface area contributed by atoms with Gasteiger partial charge in [0.1, 0.15) is 0 Å². The van der Waals surface area contributed by atoms with Crippen molar-refractivity contribution in [2.45, 2.75) is 25.5 Å². The van der Waals surface area contributed by atoms with Crippen LogP contribution in [-0.2, 0) is 11.3 Å². The van der Waals surface area contributed by atoms with Gasteiger partial charge >= 0.3 is 0 Å². The molecule has 0 bridgehead atoms. The molecule has 0 aliphatic rings. The second-order valence-electron chi connectivity index (χ2n) is 6.52. The highest BCUT2D eigenvalue weighted by Crippen LogP contribution is 2.25. The first-order valence-electron chi connectivity index (χ1n) is 8.70. The van der Waals surface area contributed by atoms with Gasteiger partial charge in [0.2, 0.25) is 5.91 Å². The molecule has 0 unspecified atom stereocenters. The van der Waals surface area contributed by atoms with Crippen LogP contribution in [0.15, 0.2) is 59.8 Å². The molecule has 27 heavy (non-hydrogen) atoms. The smallest absolute Gasteiger partial charge is 0.234 e. The summed E-state index contributed by atoms with van der Waals surface area (Å²) >= 11 is 7.33. The van der Waals surface area contributed by atoms with Crippen molar-refractivity contribution in [1.82, 2.24) is 14.8 Å². The molecule has 0 radical (unpaired) electrons. The summed E-state index contributed by atoms with van der Waals surface area (Å²) in [5.41, 5.74) is 1.70. The van der Waals surface area contributed by atoms with Gasteiger partial charge in [0.15, 0.2) is 11.0 Å². The Morgan fingerprint density at radius 3 is 2.63 bits per heavy atom. The lowest BCUT2D eigenvalue weighted by atomic mass is 10.2. The van der Waals surface area contributed by atoms with E-state index in [-0.39, 0.29) is 11.7 Å². The van der Waals surface area contributed by atoms with Gasteiger partial charge in [-0.15, -0.1) is 10.2 Å². The Morgan fingerprint density at radius 2 is 1.93 bits per heavy atom.